The van der Waals surface area contributed by atoms with Crippen LogP contribution >= 0.6 is 27.3 Å². The molecule has 2 nitrogen and oxygen atoms in total. The summed E-state index contributed by atoms with van der Waals surface area (Å²) in [6.45, 7) is 0. The summed E-state index contributed by atoms with van der Waals surface area (Å²) in [5.41, 5.74) is 6.03. The molecular formula is C7H9BrN2S. The van der Waals surface area contributed by atoms with Gasteiger partial charge in [0.15, 0.2) is 0 Å². The Morgan fingerprint density at radius 1 is 1.73 bits per heavy atom. The van der Waals surface area contributed by atoms with Gasteiger partial charge in [-0.2, -0.15) is 0 Å². The highest BCUT2D eigenvalue weighted by Crippen LogP contribution is 2.36. The third-order valence-electron chi connectivity index (χ3n) is 1.92. The molecule has 1 aliphatic rings. The van der Waals surface area contributed by atoms with Gasteiger partial charge in [0.2, 0.25) is 0 Å². The molecule has 60 valence electrons. The zero-order chi connectivity index (χ0) is 7.90. The molecule has 2 N–H and O–H groups in total. The summed E-state index contributed by atoms with van der Waals surface area (Å²) in [5.74, 6) is 0. The van der Waals surface area contributed by atoms with Crippen LogP contribution in [0, 0.1) is 0 Å². The number of thiazole rings is 1. The third kappa shape index (κ3) is 1.80. The van der Waals surface area contributed by atoms with Crippen LogP contribution < -0.4 is 5.73 Å². The van der Waals surface area contributed by atoms with Crippen LogP contribution in [0.3, 0.4) is 0 Å². The minimum absolute atomic E-state index is 0.0945. The van der Waals surface area contributed by atoms with E-state index in [1.54, 1.807) is 11.3 Å². The van der Waals surface area contributed by atoms with Crippen LogP contribution in [0.15, 0.2) is 9.98 Å². The Kier molecular flexibility index (Phi) is 1.78. The Balaban J connectivity index is 2.06. The average molecular weight is 233 g/mol. The molecule has 0 amide bonds. The van der Waals surface area contributed by atoms with Crippen molar-refractivity contribution in [2.24, 2.45) is 5.73 Å². The Morgan fingerprint density at radius 3 is 2.91 bits per heavy atom. The van der Waals surface area contributed by atoms with E-state index in [9.17, 15) is 0 Å². The summed E-state index contributed by atoms with van der Waals surface area (Å²) in [4.78, 5) is 4.23. The lowest BCUT2D eigenvalue weighted by Gasteiger charge is -2.02. The van der Waals surface area contributed by atoms with E-state index in [4.69, 9.17) is 5.73 Å². The molecule has 1 aromatic heterocycles. The second kappa shape index (κ2) is 2.54. The summed E-state index contributed by atoms with van der Waals surface area (Å²) in [7, 11) is 0. The zero-order valence-corrected chi connectivity index (χ0v) is 8.41. The molecule has 0 bridgehead atoms. The minimum atomic E-state index is 0.0945. The average Bonchev–Trinajstić information content (AvgIpc) is 2.49. The third-order valence-corrected chi connectivity index (χ3v) is 3.40. The Morgan fingerprint density at radius 2 is 2.45 bits per heavy atom. The van der Waals surface area contributed by atoms with E-state index < -0.39 is 0 Å². The van der Waals surface area contributed by atoms with Crippen molar-refractivity contribution >= 4 is 27.3 Å². The van der Waals surface area contributed by atoms with E-state index >= 15 is 0 Å². The molecular weight excluding hydrogens is 224 g/mol. The van der Waals surface area contributed by atoms with Crippen LogP contribution in [0.1, 0.15) is 17.8 Å². The highest BCUT2D eigenvalue weighted by molar-refractivity contribution is 9.11. The maximum Gasteiger partial charge on any atom is 0.0955 e. The second-order valence-electron chi connectivity index (χ2n) is 3.10. The molecule has 4 heteroatoms. The van der Waals surface area contributed by atoms with Gasteiger partial charge in [-0.25, -0.2) is 4.98 Å². The van der Waals surface area contributed by atoms with Crippen molar-refractivity contribution in [3.63, 3.8) is 0 Å². The van der Waals surface area contributed by atoms with Gasteiger partial charge < -0.3 is 5.73 Å². The van der Waals surface area contributed by atoms with Crippen molar-refractivity contribution in [3.8, 4) is 0 Å². The lowest BCUT2D eigenvalue weighted by Crippen LogP contribution is -2.24. The lowest BCUT2D eigenvalue weighted by atomic mass is 10.2. The quantitative estimate of drug-likeness (QED) is 0.847. The molecule has 1 aromatic rings. The van der Waals surface area contributed by atoms with Crippen LogP contribution in [0.2, 0.25) is 0 Å². The number of halogens is 1. The second-order valence-corrected chi connectivity index (χ2v) is 5.59. The first-order valence-electron chi connectivity index (χ1n) is 3.57. The first kappa shape index (κ1) is 7.71. The maximum absolute atomic E-state index is 5.94. The van der Waals surface area contributed by atoms with E-state index in [0.29, 0.717) is 0 Å². The molecule has 1 fully saturated rings. The van der Waals surface area contributed by atoms with E-state index in [2.05, 4.69) is 20.9 Å². The number of nitrogens with two attached hydrogens (primary N) is 1. The topological polar surface area (TPSA) is 38.9 Å². The van der Waals surface area contributed by atoms with Crippen molar-refractivity contribution < 1.29 is 0 Å². The Hall–Kier alpha value is 0.0700. The van der Waals surface area contributed by atoms with Crippen molar-refractivity contribution in [2.75, 3.05) is 0 Å². The highest BCUT2D eigenvalue weighted by atomic mass is 79.9. The van der Waals surface area contributed by atoms with Gasteiger partial charge in [-0.15, -0.1) is 11.3 Å². The van der Waals surface area contributed by atoms with Crippen LogP contribution in [-0.2, 0) is 6.42 Å². The minimum Gasteiger partial charge on any atom is -0.325 e. The number of rotatable bonds is 2. The molecule has 11 heavy (non-hydrogen) atoms. The van der Waals surface area contributed by atoms with Gasteiger partial charge in [0.05, 0.1) is 15.0 Å². The van der Waals surface area contributed by atoms with Crippen molar-refractivity contribution in [1.82, 2.24) is 4.98 Å². The van der Waals surface area contributed by atoms with Crippen LogP contribution in [-0.4, -0.2) is 10.5 Å². The predicted octanol–water partition coefficient (Wildman–Crippen LogP) is 1.94. The monoisotopic (exact) mass is 232 g/mol. The SMILES string of the molecule is NC1(Cc2ncc(Br)s2)CC1. The largest absolute Gasteiger partial charge is 0.325 e. The number of hydrogen-bond donors (Lipinski definition) is 1. The van der Waals surface area contributed by atoms with Gasteiger partial charge in [-0.3, -0.25) is 0 Å². The zero-order valence-electron chi connectivity index (χ0n) is 6.01. The van der Waals surface area contributed by atoms with Gasteiger partial charge in [-0.1, -0.05) is 0 Å². The van der Waals surface area contributed by atoms with Crippen molar-refractivity contribution in [1.29, 1.82) is 0 Å². The molecule has 0 aromatic carbocycles. The fraction of sp³-hybridized carbons (Fsp3) is 0.571. The molecule has 0 radical (unpaired) electrons. The first-order valence-corrected chi connectivity index (χ1v) is 5.18. The van der Waals surface area contributed by atoms with E-state index in [1.807, 2.05) is 6.20 Å². The normalized spacial score (nSPS) is 20.2. The van der Waals surface area contributed by atoms with Crippen LogP contribution in [0.5, 0.6) is 0 Å². The molecule has 2 rings (SSSR count). The fourth-order valence-corrected chi connectivity index (χ4v) is 2.47. The molecule has 1 aliphatic carbocycles. The van der Waals surface area contributed by atoms with Crippen LogP contribution in [0.25, 0.3) is 0 Å². The van der Waals surface area contributed by atoms with Gasteiger partial charge in [0.1, 0.15) is 0 Å². The summed E-state index contributed by atoms with van der Waals surface area (Å²) in [6.07, 6.45) is 5.10. The van der Waals surface area contributed by atoms with Gasteiger partial charge in [-0.05, 0) is 28.8 Å². The van der Waals surface area contributed by atoms with Gasteiger partial charge in [0.25, 0.3) is 0 Å². The molecule has 0 atom stereocenters. The summed E-state index contributed by atoms with van der Waals surface area (Å²) >= 11 is 5.06. The standard InChI is InChI=1S/C7H9BrN2S/c8-5-4-10-6(11-5)3-7(9)1-2-7/h4H,1-3,9H2. The smallest absolute Gasteiger partial charge is 0.0955 e. The molecule has 0 aliphatic heterocycles. The molecule has 1 heterocycles. The maximum atomic E-state index is 5.94. The Bertz CT molecular complexity index is 267. The molecule has 0 saturated heterocycles. The molecule has 1 saturated carbocycles. The number of nitrogens with zero attached hydrogens (tertiary/aromatic N) is 1. The number of aromatic nitrogens is 1. The van der Waals surface area contributed by atoms with E-state index in [-0.39, 0.29) is 5.54 Å². The first-order chi connectivity index (χ1) is 5.18. The van der Waals surface area contributed by atoms with E-state index in [1.165, 1.54) is 0 Å². The summed E-state index contributed by atoms with van der Waals surface area (Å²) in [6, 6.07) is 0. The van der Waals surface area contributed by atoms with Crippen molar-refractivity contribution in [2.45, 2.75) is 24.8 Å². The lowest BCUT2D eigenvalue weighted by molar-refractivity contribution is 0.669. The molecule has 0 spiro atoms. The molecule has 0 unspecified atom stereocenters. The van der Waals surface area contributed by atoms with Crippen LogP contribution in [0.4, 0.5) is 0 Å². The van der Waals surface area contributed by atoms with Gasteiger partial charge >= 0.3 is 0 Å². The fourth-order valence-electron chi connectivity index (χ4n) is 1.01. The number of hydrogen-bond acceptors (Lipinski definition) is 3. The Labute approximate surface area is 78.0 Å². The predicted molar refractivity (Wildman–Crippen MR) is 49.7 cm³/mol. The summed E-state index contributed by atoms with van der Waals surface area (Å²) < 4.78 is 1.09. The van der Waals surface area contributed by atoms with E-state index in [0.717, 1.165) is 28.1 Å². The van der Waals surface area contributed by atoms with Crippen molar-refractivity contribution in [3.05, 3.63) is 15.0 Å². The summed E-state index contributed by atoms with van der Waals surface area (Å²) in [5, 5.41) is 1.15. The highest BCUT2D eigenvalue weighted by Gasteiger charge is 2.38. The van der Waals surface area contributed by atoms with Gasteiger partial charge in [0, 0.05) is 12.0 Å².